The normalized spacial score (nSPS) is 11.9. The largest absolute Gasteiger partial charge is 0.456 e. The average Bonchev–Trinajstić information content (AvgIpc) is 4.11. The van der Waals surface area contributed by atoms with E-state index in [0.717, 1.165) is 88.7 Å². The van der Waals surface area contributed by atoms with Gasteiger partial charge in [0.25, 0.3) is 0 Å². The van der Waals surface area contributed by atoms with Gasteiger partial charge in [0.1, 0.15) is 11.2 Å². The lowest BCUT2D eigenvalue weighted by atomic mass is 9.96. The second-order valence-electron chi connectivity index (χ2n) is 18.7. The van der Waals surface area contributed by atoms with Gasteiger partial charge in [-0.25, -0.2) is 15.0 Å². The summed E-state index contributed by atoms with van der Waals surface area (Å²) in [5, 5.41) is 7.19. The van der Waals surface area contributed by atoms with E-state index < -0.39 is 0 Å². The lowest BCUT2D eigenvalue weighted by Gasteiger charge is -2.13. The molecule has 1 aliphatic rings. The Hall–Kier alpha value is -9.71. The number of hydrogen-bond donors (Lipinski definition) is 0. The minimum Gasteiger partial charge on any atom is -0.456 e. The average molecular weight is 917 g/mol. The fourth-order valence-electron chi connectivity index (χ4n) is 11.2. The van der Waals surface area contributed by atoms with Crippen LogP contribution in [0.15, 0.2) is 247 Å². The summed E-state index contributed by atoms with van der Waals surface area (Å²) in [6.45, 7) is 0. The van der Waals surface area contributed by atoms with E-state index in [1.165, 1.54) is 43.8 Å². The first-order valence-corrected chi connectivity index (χ1v) is 24.4. The Morgan fingerprint density at radius 3 is 1.44 bits per heavy atom. The van der Waals surface area contributed by atoms with Crippen molar-refractivity contribution in [1.82, 2.24) is 19.5 Å². The molecule has 0 amide bonds. The van der Waals surface area contributed by atoms with Gasteiger partial charge in [0.2, 0.25) is 0 Å². The number of aromatic nitrogens is 4. The molecule has 11 aromatic carbocycles. The van der Waals surface area contributed by atoms with Crippen LogP contribution in [0.3, 0.4) is 0 Å². The third-order valence-electron chi connectivity index (χ3n) is 14.6. The van der Waals surface area contributed by atoms with Crippen molar-refractivity contribution >= 4 is 54.5 Å². The summed E-state index contributed by atoms with van der Waals surface area (Å²) in [6.07, 6.45) is 0. The lowest BCUT2D eigenvalue weighted by Crippen LogP contribution is -2.01. The third-order valence-corrected chi connectivity index (χ3v) is 14.6. The first-order chi connectivity index (χ1) is 35.7. The molecule has 0 fully saturated rings. The Balaban J connectivity index is 0.942. The molecule has 5 heteroatoms. The Kier molecular flexibility index (Phi) is 8.89. The molecular formula is C67H40N4O. The smallest absolute Gasteiger partial charge is 0.164 e. The lowest BCUT2D eigenvalue weighted by molar-refractivity contribution is 0.669. The molecule has 1 aliphatic carbocycles. The zero-order valence-corrected chi connectivity index (χ0v) is 38.8. The van der Waals surface area contributed by atoms with Crippen LogP contribution < -0.4 is 0 Å². The molecule has 0 saturated heterocycles. The number of fused-ring (bicyclic) bond motifs is 10. The summed E-state index contributed by atoms with van der Waals surface area (Å²) < 4.78 is 8.69. The Labute approximate surface area is 414 Å². The zero-order chi connectivity index (χ0) is 47.3. The van der Waals surface area contributed by atoms with Crippen LogP contribution in [0.2, 0.25) is 0 Å². The minimum atomic E-state index is 0.597. The molecule has 15 rings (SSSR count). The van der Waals surface area contributed by atoms with E-state index in [9.17, 15) is 0 Å². The summed E-state index contributed by atoms with van der Waals surface area (Å²) in [5.74, 6) is 1.82. The summed E-state index contributed by atoms with van der Waals surface area (Å²) >= 11 is 0. The number of hydrogen-bond acceptors (Lipinski definition) is 4. The quantitative estimate of drug-likeness (QED) is 0.160. The van der Waals surface area contributed by atoms with Gasteiger partial charge >= 0.3 is 0 Å². The van der Waals surface area contributed by atoms with Crippen molar-refractivity contribution in [1.29, 1.82) is 0 Å². The predicted octanol–water partition coefficient (Wildman–Crippen LogP) is 17.7. The number of benzene rings is 11. The first-order valence-electron chi connectivity index (χ1n) is 24.4. The number of furan rings is 1. The molecule has 0 aliphatic heterocycles. The topological polar surface area (TPSA) is 56.7 Å². The van der Waals surface area contributed by atoms with Gasteiger partial charge in [-0.2, -0.15) is 0 Å². The molecule has 14 aromatic rings. The standard InChI is InChI=1S/C67H40N4O/c1-3-15-41(16-4-1)43-19-11-21-47(35-43)65-68-66(48-22-12-20-44(36-48)42-17-5-2-6-18-42)70-67(69-65)49-23-13-24-50(37-49)71-59-33-31-45(46-32-34-62-56(38-46)53-27-9-10-30-61(53)72-62)39-58(59)64-55-29-14-28-54-51-25-7-8-26-52(51)57(63(54)55)40-60(64)71/h1-40H. The van der Waals surface area contributed by atoms with Gasteiger partial charge in [-0.1, -0.05) is 182 Å². The van der Waals surface area contributed by atoms with E-state index in [0.29, 0.717) is 17.5 Å². The van der Waals surface area contributed by atoms with Gasteiger partial charge < -0.3 is 8.98 Å². The van der Waals surface area contributed by atoms with Gasteiger partial charge in [0, 0.05) is 43.9 Å². The fraction of sp³-hybridized carbons (Fsp3) is 0. The highest BCUT2D eigenvalue weighted by molar-refractivity contribution is 6.29. The molecule has 5 nitrogen and oxygen atoms in total. The van der Waals surface area contributed by atoms with Crippen molar-refractivity contribution in [3.8, 4) is 95.5 Å². The molecule has 334 valence electrons. The van der Waals surface area contributed by atoms with Gasteiger partial charge in [0.05, 0.1) is 11.0 Å². The van der Waals surface area contributed by atoms with E-state index in [-0.39, 0.29) is 0 Å². The predicted molar refractivity (Wildman–Crippen MR) is 296 cm³/mol. The summed E-state index contributed by atoms with van der Waals surface area (Å²) in [7, 11) is 0. The molecular weight excluding hydrogens is 877 g/mol. The highest BCUT2D eigenvalue weighted by Crippen LogP contribution is 2.51. The monoisotopic (exact) mass is 916 g/mol. The first kappa shape index (κ1) is 40.2. The van der Waals surface area contributed by atoms with E-state index in [4.69, 9.17) is 19.4 Å². The van der Waals surface area contributed by atoms with Gasteiger partial charge in [-0.3, -0.25) is 0 Å². The van der Waals surface area contributed by atoms with E-state index in [1.54, 1.807) is 0 Å². The van der Waals surface area contributed by atoms with Crippen molar-refractivity contribution < 1.29 is 4.42 Å². The molecule has 0 radical (unpaired) electrons. The molecule has 0 unspecified atom stereocenters. The Bertz CT molecular complexity index is 4410. The minimum absolute atomic E-state index is 0.597. The van der Waals surface area contributed by atoms with Crippen LogP contribution in [0.1, 0.15) is 0 Å². The summed E-state index contributed by atoms with van der Waals surface area (Å²) in [4.78, 5) is 15.8. The van der Waals surface area contributed by atoms with Crippen LogP contribution in [-0.4, -0.2) is 19.5 Å². The van der Waals surface area contributed by atoms with Crippen LogP contribution in [0.4, 0.5) is 0 Å². The number of rotatable bonds is 7. The van der Waals surface area contributed by atoms with Crippen LogP contribution in [0, 0.1) is 0 Å². The van der Waals surface area contributed by atoms with E-state index >= 15 is 0 Å². The summed E-state index contributed by atoms with van der Waals surface area (Å²) in [6, 6.07) is 86.4. The second kappa shape index (κ2) is 15.9. The molecule has 3 aromatic heterocycles. The molecule has 0 spiro atoms. The van der Waals surface area contributed by atoms with E-state index in [1.807, 2.05) is 24.3 Å². The SMILES string of the molecule is c1ccc(-c2cccc(-c3nc(-c4cccc(-c5ccccc5)c4)nc(-c4cccc(-n5c6ccc(-c7ccc8oc9ccccc9c8c7)cc6c6c7cccc8c7c(cc65)-c5ccccc5-8)c4)n3)c2)cc1. The molecule has 0 saturated carbocycles. The van der Waals surface area contributed by atoms with Crippen molar-refractivity contribution in [3.05, 3.63) is 243 Å². The highest BCUT2D eigenvalue weighted by Gasteiger charge is 2.26. The van der Waals surface area contributed by atoms with E-state index in [2.05, 4.69) is 223 Å². The van der Waals surface area contributed by atoms with Crippen molar-refractivity contribution in [2.45, 2.75) is 0 Å². The van der Waals surface area contributed by atoms with Crippen LogP contribution in [0.25, 0.3) is 150 Å². The highest BCUT2D eigenvalue weighted by atomic mass is 16.3. The number of para-hydroxylation sites is 1. The molecule has 0 N–H and O–H groups in total. The van der Waals surface area contributed by atoms with Crippen molar-refractivity contribution in [2.24, 2.45) is 0 Å². The van der Waals surface area contributed by atoms with Crippen LogP contribution in [0.5, 0.6) is 0 Å². The molecule has 0 atom stereocenters. The van der Waals surface area contributed by atoms with Gasteiger partial charge in [-0.15, -0.1) is 0 Å². The maximum atomic E-state index is 6.25. The van der Waals surface area contributed by atoms with Crippen molar-refractivity contribution in [3.63, 3.8) is 0 Å². The number of nitrogens with zero attached hydrogens (tertiary/aromatic N) is 4. The van der Waals surface area contributed by atoms with Crippen LogP contribution in [-0.2, 0) is 0 Å². The third kappa shape index (κ3) is 6.38. The van der Waals surface area contributed by atoms with Gasteiger partial charge in [0.15, 0.2) is 17.5 Å². The molecule has 0 bridgehead atoms. The maximum absolute atomic E-state index is 6.25. The molecule has 72 heavy (non-hydrogen) atoms. The van der Waals surface area contributed by atoms with Gasteiger partial charge in [-0.05, 0) is 127 Å². The maximum Gasteiger partial charge on any atom is 0.164 e. The zero-order valence-electron chi connectivity index (χ0n) is 38.8. The summed E-state index contributed by atoms with van der Waals surface area (Å²) in [5.41, 5.74) is 19.6. The van der Waals surface area contributed by atoms with Crippen LogP contribution >= 0.6 is 0 Å². The Morgan fingerprint density at radius 1 is 0.264 bits per heavy atom. The second-order valence-corrected chi connectivity index (χ2v) is 18.7. The van der Waals surface area contributed by atoms with Crippen molar-refractivity contribution in [2.75, 3.05) is 0 Å². The fourth-order valence-corrected chi connectivity index (χ4v) is 11.2. The Morgan fingerprint density at radius 2 is 0.750 bits per heavy atom. The molecule has 3 heterocycles.